The number of ether oxygens (including phenoxy) is 1. The highest BCUT2D eigenvalue weighted by Crippen LogP contribution is 2.27. The fourth-order valence-corrected chi connectivity index (χ4v) is 3.70. The monoisotopic (exact) mass is 339 g/mol. The number of carbonyl (C=O) groups excluding carboxylic acids is 2. The summed E-state index contributed by atoms with van der Waals surface area (Å²) in [6.45, 7) is 3.54. The van der Waals surface area contributed by atoms with Crippen LogP contribution in [-0.2, 0) is 14.3 Å². The second kappa shape index (κ2) is 10.7. The second-order valence-corrected chi connectivity index (χ2v) is 7.17. The average Bonchev–Trinajstić information content (AvgIpc) is 3.06. The molecule has 6 nitrogen and oxygen atoms in total. The first-order chi connectivity index (χ1) is 11.7. The third-order valence-electron chi connectivity index (χ3n) is 5.12. The van der Waals surface area contributed by atoms with Crippen molar-refractivity contribution in [2.24, 2.45) is 5.92 Å². The molecule has 6 heteroatoms. The first kappa shape index (κ1) is 19.2. The van der Waals surface area contributed by atoms with E-state index in [2.05, 4.69) is 15.5 Å². The summed E-state index contributed by atoms with van der Waals surface area (Å²) >= 11 is 0. The van der Waals surface area contributed by atoms with E-state index in [9.17, 15) is 9.59 Å². The topological polar surface area (TPSA) is 70.7 Å². The quantitative estimate of drug-likeness (QED) is 0.621. The van der Waals surface area contributed by atoms with Crippen LogP contribution in [0.1, 0.15) is 51.4 Å². The first-order valence-electron chi connectivity index (χ1n) is 9.44. The Balaban J connectivity index is 1.55. The van der Waals surface area contributed by atoms with Crippen LogP contribution in [0.2, 0.25) is 0 Å². The molecule has 0 spiro atoms. The van der Waals surface area contributed by atoms with E-state index in [1.165, 1.54) is 25.7 Å². The molecule has 2 aliphatic rings. The molecule has 138 valence electrons. The van der Waals surface area contributed by atoms with Gasteiger partial charge in [-0.25, -0.2) is 0 Å². The Morgan fingerprint density at radius 1 is 1.08 bits per heavy atom. The van der Waals surface area contributed by atoms with Crippen LogP contribution in [0.25, 0.3) is 0 Å². The van der Waals surface area contributed by atoms with Gasteiger partial charge in [0.2, 0.25) is 11.8 Å². The van der Waals surface area contributed by atoms with Crippen molar-refractivity contribution < 1.29 is 14.3 Å². The number of nitrogens with one attached hydrogen (secondary N) is 2. The lowest BCUT2D eigenvalue weighted by atomic mass is 10.0. The normalized spacial score (nSPS) is 20.2. The summed E-state index contributed by atoms with van der Waals surface area (Å²) in [4.78, 5) is 26.1. The minimum atomic E-state index is 0.0785. The smallest absolute Gasteiger partial charge is 0.234 e. The van der Waals surface area contributed by atoms with Crippen LogP contribution < -0.4 is 10.6 Å². The largest absolute Gasteiger partial charge is 0.385 e. The number of likely N-dealkylation sites (tertiary alicyclic amines) is 1. The van der Waals surface area contributed by atoms with Crippen molar-refractivity contribution in [2.75, 3.05) is 39.9 Å². The minimum absolute atomic E-state index is 0.0785. The fourth-order valence-electron chi connectivity index (χ4n) is 3.70. The van der Waals surface area contributed by atoms with Crippen molar-refractivity contribution in [3.8, 4) is 0 Å². The Morgan fingerprint density at radius 2 is 1.79 bits per heavy atom. The van der Waals surface area contributed by atoms with Gasteiger partial charge < -0.3 is 15.4 Å². The molecule has 0 bridgehead atoms. The van der Waals surface area contributed by atoms with E-state index in [1.54, 1.807) is 7.11 Å². The van der Waals surface area contributed by atoms with E-state index in [-0.39, 0.29) is 17.9 Å². The van der Waals surface area contributed by atoms with E-state index in [0.29, 0.717) is 32.0 Å². The molecule has 24 heavy (non-hydrogen) atoms. The maximum Gasteiger partial charge on any atom is 0.234 e. The zero-order valence-electron chi connectivity index (χ0n) is 15.0. The number of methoxy groups -OCH3 is 1. The summed E-state index contributed by atoms with van der Waals surface area (Å²) in [5.41, 5.74) is 0. The third kappa shape index (κ3) is 7.18. The molecule has 1 aliphatic carbocycles. The Bertz CT molecular complexity index is 389. The van der Waals surface area contributed by atoms with E-state index in [1.807, 2.05) is 0 Å². The molecule has 0 aromatic carbocycles. The van der Waals surface area contributed by atoms with Crippen LogP contribution in [-0.4, -0.2) is 62.7 Å². The maximum absolute atomic E-state index is 12.1. The summed E-state index contributed by atoms with van der Waals surface area (Å²) in [5.74, 6) is 0.901. The summed E-state index contributed by atoms with van der Waals surface area (Å²) < 4.78 is 4.96. The van der Waals surface area contributed by atoms with Crippen molar-refractivity contribution in [1.29, 1.82) is 0 Å². The van der Waals surface area contributed by atoms with E-state index < -0.39 is 0 Å². The van der Waals surface area contributed by atoms with E-state index >= 15 is 0 Å². The van der Waals surface area contributed by atoms with Crippen LogP contribution in [0.4, 0.5) is 0 Å². The molecule has 0 aromatic heterocycles. The average molecular weight is 339 g/mol. The molecule has 0 unspecified atom stereocenters. The fraction of sp³-hybridized carbons (Fsp3) is 0.889. The lowest BCUT2D eigenvalue weighted by Crippen LogP contribution is -2.47. The highest BCUT2D eigenvalue weighted by atomic mass is 16.5. The third-order valence-corrected chi connectivity index (χ3v) is 5.12. The molecule has 0 radical (unpaired) electrons. The van der Waals surface area contributed by atoms with Crippen LogP contribution in [0, 0.1) is 5.92 Å². The van der Waals surface area contributed by atoms with Crippen molar-refractivity contribution in [3.63, 3.8) is 0 Å². The van der Waals surface area contributed by atoms with Crippen LogP contribution in [0.5, 0.6) is 0 Å². The van der Waals surface area contributed by atoms with Crippen molar-refractivity contribution in [3.05, 3.63) is 0 Å². The minimum Gasteiger partial charge on any atom is -0.385 e. The van der Waals surface area contributed by atoms with Crippen molar-refractivity contribution in [2.45, 2.75) is 57.4 Å². The Morgan fingerprint density at radius 3 is 2.46 bits per heavy atom. The number of piperidine rings is 1. The molecular weight excluding hydrogens is 306 g/mol. The predicted octanol–water partition coefficient (Wildman–Crippen LogP) is 1.30. The van der Waals surface area contributed by atoms with Crippen molar-refractivity contribution in [1.82, 2.24) is 15.5 Å². The number of carbonyl (C=O) groups is 2. The Kier molecular flexibility index (Phi) is 8.53. The molecule has 0 atom stereocenters. The van der Waals surface area contributed by atoms with Gasteiger partial charge in [0.1, 0.15) is 0 Å². The molecule has 2 rings (SSSR count). The molecule has 1 saturated heterocycles. The summed E-state index contributed by atoms with van der Waals surface area (Å²) in [7, 11) is 1.67. The van der Waals surface area contributed by atoms with Crippen LogP contribution in [0.15, 0.2) is 0 Å². The Hall–Kier alpha value is -1.14. The molecule has 2 amide bonds. The van der Waals surface area contributed by atoms with E-state index in [4.69, 9.17) is 4.74 Å². The zero-order valence-corrected chi connectivity index (χ0v) is 15.0. The molecule has 1 aliphatic heterocycles. The van der Waals surface area contributed by atoms with Crippen LogP contribution in [0.3, 0.4) is 0 Å². The van der Waals surface area contributed by atoms with Gasteiger partial charge in [-0.2, -0.15) is 0 Å². The number of nitrogens with zero attached hydrogens (tertiary/aromatic N) is 1. The standard InChI is InChI=1S/C18H33N3O3/c1-24-12-4-9-19-18(23)14-21-10-7-16(8-11-21)20-17(22)13-15-5-2-3-6-15/h15-16H,2-14H2,1H3,(H,19,23)(H,20,22). The molecule has 2 fully saturated rings. The molecule has 2 N–H and O–H groups in total. The lowest BCUT2D eigenvalue weighted by molar-refractivity contribution is -0.124. The highest BCUT2D eigenvalue weighted by molar-refractivity contribution is 5.78. The van der Waals surface area contributed by atoms with Gasteiger partial charge in [-0.15, -0.1) is 0 Å². The number of hydrogen-bond donors (Lipinski definition) is 2. The summed E-state index contributed by atoms with van der Waals surface area (Å²) in [6.07, 6.45) is 8.41. The van der Waals surface area contributed by atoms with Gasteiger partial charge in [0, 0.05) is 45.8 Å². The van der Waals surface area contributed by atoms with Gasteiger partial charge in [0.25, 0.3) is 0 Å². The van der Waals surface area contributed by atoms with Gasteiger partial charge in [-0.05, 0) is 38.0 Å². The Labute approximate surface area is 145 Å². The van der Waals surface area contributed by atoms with Gasteiger partial charge >= 0.3 is 0 Å². The summed E-state index contributed by atoms with van der Waals surface area (Å²) in [5, 5.41) is 6.11. The molecule has 1 saturated carbocycles. The van der Waals surface area contributed by atoms with Gasteiger partial charge in [-0.1, -0.05) is 12.8 Å². The molecule has 0 aromatic rings. The van der Waals surface area contributed by atoms with Crippen LogP contribution >= 0.6 is 0 Å². The summed E-state index contributed by atoms with van der Waals surface area (Å²) in [6, 6.07) is 0.278. The highest BCUT2D eigenvalue weighted by Gasteiger charge is 2.24. The van der Waals surface area contributed by atoms with Gasteiger partial charge in [-0.3, -0.25) is 14.5 Å². The number of rotatable bonds is 9. The number of amides is 2. The molecular formula is C18H33N3O3. The van der Waals surface area contributed by atoms with Gasteiger partial charge in [0.15, 0.2) is 0 Å². The predicted molar refractivity (Wildman–Crippen MR) is 93.7 cm³/mol. The first-order valence-corrected chi connectivity index (χ1v) is 9.44. The molecule has 1 heterocycles. The zero-order chi connectivity index (χ0) is 17.2. The number of hydrogen-bond acceptors (Lipinski definition) is 4. The van der Waals surface area contributed by atoms with Gasteiger partial charge in [0.05, 0.1) is 6.54 Å². The van der Waals surface area contributed by atoms with E-state index in [0.717, 1.165) is 32.4 Å². The lowest BCUT2D eigenvalue weighted by Gasteiger charge is -2.32. The second-order valence-electron chi connectivity index (χ2n) is 7.17. The van der Waals surface area contributed by atoms with Crippen molar-refractivity contribution >= 4 is 11.8 Å². The SMILES string of the molecule is COCCCNC(=O)CN1CCC(NC(=O)CC2CCCC2)CC1. The maximum atomic E-state index is 12.1.